The van der Waals surface area contributed by atoms with E-state index in [4.69, 9.17) is 4.98 Å². The van der Waals surface area contributed by atoms with Crippen molar-refractivity contribution in [2.75, 3.05) is 18.0 Å². The smallest absolute Gasteiger partial charge is 0.249 e. The number of aromatic hydroxyl groups is 1. The molecule has 1 saturated heterocycles. The number of aliphatic hydroxyl groups is 1. The third-order valence-electron chi connectivity index (χ3n) is 6.00. The first-order valence-corrected chi connectivity index (χ1v) is 11.4. The molecule has 3 N–H and O–H groups in total. The molecule has 1 fully saturated rings. The third-order valence-corrected chi connectivity index (χ3v) is 6.00. The van der Waals surface area contributed by atoms with Gasteiger partial charge in [0.15, 0.2) is 5.82 Å². The Morgan fingerprint density at radius 2 is 1.88 bits per heavy atom. The van der Waals surface area contributed by atoms with Gasteiger partial charge >= 0.3 is 0 Å². The zero-order valence-electron chi connectivity index (χ0n) is 18.4. The molecule has 2 heterocycles. The van der Waals surface area contributed by atoms with Gasteiger partial charge in [0.2, 0.25) is 5.91 Å². The van der Waals surface area contributed by atoms with Crippen LogP contribution in [0.4, 0.5) is 5.82 Å². The quantitative estimate of drug-likeness (QED) is 0.520. The van der Waals surface area contributed by atoms with Gasteiger partial charge < -0.3 is 20.4 Å². The van der Waals surface area contributed by atoms with Crippen LogP contribution in [-0.4, -0.2) is 51.3 Å². The number of rotatable bonds is 7. The molecule has 1 atom stereocenters. The molecule has 0 saturated carbocycles. The number of aliphatic hydroxyl groups excluding tert-OH is 1. The van der Waals surface area contributed by atoms with Crippen LogP contribution in [0.3, 0.4) is 0 Å². The highest BCUT2D eigenvalue weighted by atomic mass is 16.3. The van der Waals surface area contributed by atoms with Gasteiger partial charge in [-0.1, -0.05) is 44.0 Å². The summed E-state index contributed by atoms with van der Waals surface area (Å²) >= 11 is 0. The van der Waals surface area contributed by atoms with Crippen molar-refractivity contribution in [2.45, 2.75) is 51.2 Å². The maximum atomic E-state index is 12.3. The fourth-order valence-corrected chi connectivity index (χ4v) is 4.15. The molecule has 1 aromatic heterocycles. The number of hydrogen-bond donors (Lipinski definition) is 3. The SMILES string of the molecule is CCCCC(O)C(=O)NC1CCN(c2nc(-c3ccccc3O)nc3ccccc23)CC1.[HH]. The largest absolute Gasteiger partial charge is 0.507 e. The van der Waals surface area contributed by atoms with Crippen LogP contribution in [0.2, 0.25) is 0 Å². The first-order chi connectivity index (χ1) is 15.6. The van der Waals surface area contributed by atoms with E-state index in [9.17, 15) is 15.0 Å². The Kier molecular flexibility index (Phi) is 6.85. The van der Waals surface area contributed by atoms with Crippen molar-refractivity contribution in [3.63, 3.8) is 0 Å². The van der Waals surface area contributed by atoms with Gasteiger partial charge in [0.05, 0.1) is 11.1 Å². The van der Waals surface area contributed by atoms with Crippen molar-refractivity contribution in [1.29, 1.82) is 0 Å². The number of hydrogen-bond acceptors (Lipinski definition) is 6. The van der Waals surface area contributed by atoms with E-state index in [2.05, 4.69) is 15.2 Å². The molecular formula is C25H32N4O3. The van der Waals surface area contributed by atoms with E-state index in [1.807, 2.05) is 43.3 Å². The molecule has 7 heteroatoms. The molecule has 4 rings (SSSR count). The number of nitrogens with one attached hydrogen (secondary N) is 1. The first-order valence-electron chi connectivity index (χ1n) is 11.4. The van der Waals surface area contributed by atoms with Gasteiger partial charge in [-0.05, 0) is 43.5 Å². The molecule has 1 aliphatic heterocycles. The lowest BCUT2D eigenvalue weighted by molar-refractivity contribution is -0.130. The number of piperidine rings is 1. The highest BCUT2D eigenvalue weighted by molar-refractivity contribution is 5.91. The van der Waals surface area contributed by atoms with Crippen molar-refractivity contribution in [2.24, 2.45) is 0 Å². The summed E-state index contributed by atoms with van der Waals surface area (Å²) in [5, 5.41) is 24.3. The minimum Gasteiger partial charge on any atom is -0.507 e. The van der Waals surface area contributed by atoms with Gasteiger partial charge in [0.1, 0.15) is 17.7 Å². The van der Waals surface area contributed by atoms with E-state index in [1.165, 1.54) is 0 Å². The molecule has 0 aliphatic carbocycles. The number of para-hydroxylation sites is 2. The maximum absolute atomic E-state index is 12.3. The van der Waals surface area contributed by atoms with E-state index in [0.717, 1.165) is 55.5 Å². The van der Waals surface area contributed by atoms with E-state index < -0.39 is 6.10 Å². The lowest BCUT2D eigenvalue weighted by Crippen LogP contribution is -2.47. The minimum absolute atomic E-state index is 0. The molecule has 0 bridgehead atoms. The summed E-state index contributed by atoms with van der Waals surface area (Å²) < 4.78 is 0. The second kappa shape index (κ2) is 9.96. The van der Waals surface area contributed by atoms with Gasteiger partial charge in [-0.3, -0.25) is 4.79 Å². The fraction of sp³-hybridized carbons (Fsp3) is 0.400. The fourth-order valence-electron chi connectivity index (χ4n) is 4.15. The predicted octanol–water partition coefficient (Wildman–Crippen LogP) is 3.88. The highest BCUT2D eigenvalue weighted by Gasteiger charge is 2.25. The van der Waals surface area contributed by atoms with Crippen molar-refractivity contribution in [3.05, 3.63) is 48.5 Å². The third kappa shape index (κ3) is 4.83. The summed E-state index contributed by atoms with van der Waals surface area (Å²) in [4.78, 5) is 24.0. The highest BCUT2D eigenvalue weighted by Crippen LogP contribution is 2.32. The lowest BCUT2D eigenvalue weighted by Gasteiger charge is -2.34. The molecule has 170 valence electrons. The number of carbonyl (C=O) groups is 1. The molecule has 0 radical (unpaired) electrons. The molecular weight excluding hydrogens is 404 g/mol. The van der Waals surface area contributed by atoms with Crippen LogP contribution < -0.4 is 10.2 Å². The van der Waals surface area contributed by atoms with E-state index in [0.29, 0.717) is 17.8 Å². The summed E-state index contributed by atoms with van der Waals surface area (Å²) in [5.41, 5.74) is 1.42. The van der Waals surface area contributed by atoms with Crippen LogP contribution in [0.15, 0.2) is 48.5 Å². The Labute approximate surface area is 189 Å². The Morgan fingerprint density at radius 3 is 2.62 bits per heavy atom. The van der Waals surface area contributed by atoms with E-state index in [-0.39, 0.29) is 19.1 Å². The number of anilines is 1. The summed E-state index contributed by atoms with van der Waals surface area (Å²) in [5.74, 6) is 1.20. The van der Waals surface area contributed by atoms with Crippen LogP contribution in [0.25, 0.3) is 22.3 Å². The number of phenolic OH excluding ortho intramolecular Hbond substituents is 1. The normalized spacial score (nSPS) is 15.6. The zero-order valence-corrected chi connectivity index (χ0v) is 18.4. The number of carbonyl (C=O) groups excluding carboxylic acids is 1. The number of nitrogens with zero attached hydrogens (tertiary/aromatic N) is 3. The Morgan fingerprint density at radius 1 is 1.16 bits per heavy atom. The molecule has 1 aliphatic rings. The van der Waals surface area contributed by atoms with Gasteiger partial charge in [-0.25, -0.2) is 9.97 Å². The first kappa shape index (κ1) is 22.0. The molecule has 3 aromatic rings. The maximum Gasteiger partial charge on any atom is 0.249 e. The van der Waals surface area contributed by atoms with Crippen LogP contribution >= 0.6 is 0 Å². The average Bonchev–Trinajstić information content (AvgIpc) is 2.82. The van der Waals surface area contributed by atoms with E-state index in [1.54, 1.807) is 12.1 Å². The molecule has 1 unspecified atom stereocenters. The standard InChI is InChI=1S/C25H30N4O3.H2/c1-2-3-11-22(31)25(32)26-17-13-15-29(16-14-17)24-18-8-4-6-10-20(18)27-23(28-24)19-9-5-7-12-21(19)30;/h4-10,12,17,22,30-31H,2-3,11,13-16H2,1H3,(H,26,32);1H. The summed E-state index contributed by atoms with van der Waals surface area (Å²) in [6, 6.07) is 15.0. The van der Waals surface area contributed by atoms with Gasteiger partial charge in [-0.15, -0.1) is 0 Å². The minimum atomic E-state index is -0.931. The van der Waals surface area contributed by atoms with Crippen LogP contribution in [-0.2, 0) is 4.79 Å². The predicted molar refractivity (Wildman–Crippen MR) is 128 cm³/mol. The summed E-state index contributed by atoms with van der Waals surface area (Å²) in [7, 11) is 0. The molecule has 2 aromatic carbocycles. The van der Waals surface area contributed by atoms with Crippen LogP contribution in [0.1, 0.15) is 40.5 Å². The second-order valence-corrected chi connectivity index (χ2v) is 8.33. The lowest BCUT2D eigenvalue weighted by atomic mass is 10.0. The van der Waals surface area contributed by atoms with Gasteiger partial charge in [-0.2, -0.15) is 0 Å². The van der Waals surface area contributed by atoms with E-state index >= 15 is 0 Å². The number of benzene rings is 2. The summed E-state index contributed by atoms with van der Waals surface area (Å²) in [6.45, 7) is 3.51. The number of aromatic nitrogens is 2. The topological polar surface area (TPSA) is 98.6 Å². The Bertz CT molecular complexity index is 1090. The Hall–Kier alpha value is -3.19. The number of fused-ring (bicyclic) bond motifs is 1. The zero-order chi connectivity index (χ0) is 22.5. The van der Waals surface area contributed by atoms with Crippen molar-refractivity contribution >= 4 is 22.6 Å². The Balaban J connectivity index is 0.00000306. The molecule has 7 nitrogen and oxygen atoms in total. The van der Waals surface area contributed by atoms with Crippen molar-refractivity contribution < 1.29 is 16.4 Å². The second-order valence-electron chi connectivity index (χ2n) is 8.33. The number of amides is 1. The van der Waals surface area contributed by atoms with Crippen LogP contribution in [0.5, 0.6) is 5.75 Å². The number of phenols is 1. The average molecular weight is 437 g/mol. The molecule has 0 spiro atoms. The van der Waals surface area contributed by atoms with Gasteiger partial charge in [0, 0.05) is 25.9 Å². The summed E-state index contributed by atoms with van der Waals surface area (Å²) in [6.07, 6.45) is 2.92. The monoisotopic (exact) mass is 436 g/mol. The molecule has 1 amide bonds. The van der Waals surface area contributed by atoms with Gasteiger partial charge in [0.25, 0.3) is 0 Å². The van der Waals surface area contributed by atoms with Crippen molar-refractivity contribution in [3.8, 4) is 17.1 Å². The molecule has 32 heavy (non-hydrogen) atoms. The van der Waals surface area contributed by atoms with Crippen LogP contribution in [0, 0.1) is 0 Å². The van der Waals surface area contributed by atoms with Crippen molar-refractivity contribution in [1.82, 2.24) is 15.3 Å². The number of unbranched alkanes of at least 4 members (excludes halogenated alkanes) is 1.